The zero-order chi connectivity index (χ0) is 8.97. The zero-order valence-corrected chi connectivity index (χ0v) is 6.65. The van der Waals surface area contributed by atoms with Gasteiger partial charge in [-0.15, -0.1) is 0 Å². The van der Waals surface area contributed by atoms with Gasteiger partial charge in [-0.1, -0.05) is 0 Å². The van der Waals surface area contributed by atoms with Crippen molar-refractivity contribution < 1.29 is 20.2 Å². The van der Waals surface area contributed by atoms with Crippen LogP contribution in [0.1, 0.15) is 10.4 Å². The first kappa shape index (κ1) is 8.70. The number of carbonyl (C=O) groups is 1. The standard InChI is InChI=1S/C8H9NO3/c1-12-9-7-4-2-6(3-5-7)8(10)11/h2-5,9H,1H3,(H,10,11)/p+1. The predicted molar refractivity (Wildman–Crippen MR) is 42.0 cm³/mol. The summed E-state index contributed by atoms with van der Waals surface area (Å²) < 4.78 is 0. The largest absolute Gasteiger partial charge is 0.478 e. The minimum absolute atomic E-state index is 0.281. The van der Waals surface area contributed by atoms with Crippen LogP contribution in [0.3, 0.4) is 0 Å². The SMILES string of the molecule is CO[NH2+]c1ccc(C(=O)O)cc1. The van der Waals surface area contributed by atoms with Crippen LogP contribution in [-0.2, 0) is 4.84 Å². The number of aromatic carboxylic acids is 1. The van der Waals surface area contributed by atoms with Crippen molar-refractivity contribution in [2.75, 3.05) is 7.11 Å². The Balaban J connectivity index is 2.78. The Morgan fingerprint density at radius 1 is 1.42 bits per heavy atom. The van der Waals surface area contributed by atoms with E-state index in [9.17, 15) is 4.79 Å². The Morgan fingerprint density at radius 2 is 2.00 bits per heavy atom. The molecule has 0 saturated carbocycles. The van der Waals surface area contributed by atoms with Gasteiger partial charge in [-0.05, 0) is 12.1 Å². The third-order valence-electron chi connectivity index (χ3n) is 1.41. The summed E-state index contributed by atoms with van der Waals surface area (Å²) >= 11 is 0. The molecular formula is C8H10NO3+. The van der Waals surface area contributed by atoms with E-state index in [1.54, 1.807) is 24.7 Å². The van der Waals surface area contributed by atoms with Crippen molar-refractivity contribution in [1.29, 1.82) is 0 Å². The molecule has 4 heteroatoms. The Labute approximate surface area is 69.7 Å². The molecular weight excluding hydrogens is 158 g/mol. The maximum absolute atomic E-state index is 10.4. The van der Waals surface area contributed by atoms with E-state index < -0.39 is 5.97 Å². The molecule has 4 nitrogen and oxygen atoms in total. The smallest absolute Gasteiger partial charge is 0.335 e. The number of rotatable bonds is 3. The number of carboxylic acid groups (broad SMARTS) is 1. The van der Waals surface area contributed by atoms with Crippen LogP contribution in [0.25, 0.3) is 0 Å². The molecule has 0 aliphatic carbocycles. The summed E-state index contributed by atoms with van der Waals surface area (Å²) in [6, 6.07) is 6.44. The average Bonchev–Trinajstić information content (AvgIpc) is 2.06. The third-order valence-corrected chi connectivity index (χ3v) is 1.41. The third kappa shape index (κ3) is 2.05. The number of hydrogen-bond donors (Lipinski definition) is 2. The first-order valence-corrected chi connectivity index (χ1v) is 3.43. The van der Waals surface area contributed by atoms with Crippen LogP contribution in [0.4, 0.5) is 5.69 Å². The fourth-order valence-electron chi connectivity index (χ4n) is 0.840. The summed E-state index contributed by atoms with van der Waals surface area (Å²) in [5.41, 5.74) is 2.68. The maximum atomic E-state index is 10.4. The van der Waals surface area contributed by atoms with E-state index in [4.69, 9.17) is 9.94 Å². The van der Waals surface area contributed by atoms with Crippen LogP contribution in [0.5, 0.6) is 0 Å². The summed E-state index contributed by atoms with van der Waals surface area (Å²) in [5, 5.41) is 8.56. The molecule has 0 atom stereocenters. The molecule has 0 unspecified atom stereocenters. The van der Waals surface area contributed by atoms with E-state index in [0.717, 1.165) is 5.69 Å². The van der Waals surface area contributed by atoms with Crippen LogP contribution in [0.2, 0.25) is 0 Å². The Kier molecular flexibility index (Phi) is 2.79. The second kappa shape index (κ2) is 3.85. The van der Waals surface area contributed by atoms with Crippen LogP contribution in [0.15, 0.2) is 24.3 Å². The van der Waals surface area contributed by atoms with Gasteiger partial charge in [-0.3, -0.25) is 0 Å². The average molecular weight is 168 g/mol. The molecule has 0 saturated heterocycles. The second-order valence-corrected chi connectivity index (χ2v) is 2.28. The van der Waals surface area contributed by atoms with Gasteiger partial charge in [0.2, 0.25) is 0 Å². The van der Waals surface area contributed by atoms with Crippen molar-refractivity contribution >= 4 is 11.7 Å². The van der Waals surface area contributed by atoms with Gasteiger partial charge >= 0.3 is 5.97 Å². The van der Waals surface area contributed by atoms with E-state index in [2.05, 4.69) is 0 Å². The number of benzene rings is 1. The highest BCUT2D eigenvalue weighted by molar-refractivity contribution is 5.87. The minimum Gasteiger partial charge on any atom is -0.478 e. The van der Waals surface area contributed by atoms with E-state index in [1.807, 2.05) is 0 Å². The lowest BCUT2D eigenvalue weighted by Gasteiger charge is -1.96. The molecule has 0 radical (unpaired) electrons. The van der Waals surface area contributed by atoms with Crippen LogP contribution >= 0.6 is 0 Å². The fraction of sp³-hybridized carbons (Fsp3) is 0.125. The number of quaternary nitrogens is 1. The lowest BCUT2D eigenvalue weighted by molar-refractivity contribution is -0.830. The predicted octanol–water partition coefficient (Wildman–Crippen LogP) is 0.141. The molecule has 0 aliphatic rings. The molecule has 1 rings (SSSR count). The quantitative estimate of drug-likeness (QED) is 0.498. The first-order valence-electron chi connectivity index (χ1n) is 3.43. The van der Waals surface area contributed by atoms with Crippen LogP contribution in [0, 0.1) is 0 Å². The molecule has 1 aromatic rings. The lowest BCUT2D eigenvalue weighted by atomic mass is 10.2. The Bertz CT molecular complexity index is 268. The number of nitrogens with two attached hydrogens (primary N) is 1. The van der Waals surface area contributed by atoms with Crippen LogP contribution < -0.4 is 5.48 Å². The molecule has 0 spiro atoms. The van der Waals surface area contributed by atoms with Crippen molar-refractivity contribution in [3.8, 4) is 0 Å². The molecule has 0 aromatic heterocycles. The summed E-state index contributed by atoms with van der Waals surface area (Å²) in [4.78, 5) is 15.2. The minimum atomic E-state index is -0.918. The molecule has 3 N–H and O–H groups in total. The molecule has 0 fully saturated rings. The lowest BCUT2D eigenvalue weighted by Crippen LogP contribution is -2.75. The zero-order valence-electron chi connectivity index (χ0n) is 6.65. The summed E-state index contributed by atoms with van der Waals surface area (Å²) in [7, 11) is 1.55. The van der Waals surface area contributed by atoms with Crippen LogP contribution in [-0.4, -0.2) is 18.2 Å². The number of carboxylic acids is 1. The van der Waals surface area contributed by atoms with Crippen molar-refractivity contribution in [2.45, 2.75) is 0 Å². The second-order valence-electron chi connectivity index (χ2n) is 2.28. The molecule has 12 heavy (non-hydrogen) atoms. The topological polar surface area (TPSA) is 63.1 Å². The Hall–Kier alpha value is -1.39. The van der Waals surface area contributed by atoms with Gasteiger partial charge in [0, 0.05) is 12.1 Å². The summed E-state index contributed by atoms with van der Waals surface area (Å²) in [6.45, 7) is 0. The van der Waals surface area contributed by atoms with Crippen molar-refractivity contribution in [1.82, 2.24) is 0 Å². The van der Waals surface area contributed by atoms with Gasteiger partial charge < -0.3 is 5.11 Å². The van der Waals surface area contributed by atoms with Gasteiger partial charge in [0.25, 0.3) is 0 Å². The van der Waals surface area contributed by atoms with Gasteiger partial charge in [-0.2, -0.15) is 5.48 Å². The van der Waals surface area contributed by atoms with Gasteiger partial charge in [0.1, 0.15) is 0 Å². The maximum Gasteiger partial charge on any atom is 0.335 e. The number of hydrogen-bond acceptors (Lipinski definition) is 2. The highest BCUT2D eigenvalue weighted by Crippen LogP contribution is 2.03. The molecule has 0 heterocycles. The van der Waals surface area contributed by atoms with E-state index in [0.29, 0.717) is 0 Å². The molecule has 1 aromatic carbocycles. The molecule has 0 amide bonds. The highest BCUT2D eigenvalue weighted by atomic mass is 16.6. The fourth-order valence-corrected chi connectivity index (χ4v) is 0.840. The van der Waals surface area contributed by atoms with Crippen molar-refractivity contribution in [3.63, 3.8) is 0 Å². The van der Waals surface area contributed by atoms with E-state index in [-0.39, 0.29) is 5.56 Å². The molecule has 0 aliphatic heterocycles. The van der Waals surface area contributed by atoms with Gasteiger partial charge in [0.05, 0.1) is 12.7 Å². The van der Waals surface area contributed by atoms with Crippen molar-refractivity contribution in [2.24, 2.45) is 0 Å². The monoisotopic (exact) mass is 168 g/mol. The highest BCUT2D eigenvalue weighted by Gasteiger charge is 2.02. The molecule has 0 bridgehead atoms. The summed E-state index contributed by atoms with van der Waals surface area (Å²) in [6.07, 6.45) is 0. The Morgan fingerprint density at radius 3 is 2.42 bits per heavy atom. The van der Waals surface area contributed by atoms with Gasteiger partial charge in [0.15, 0.2) is 5.69 Å². The first-order chi connectivity index (χ1) is 5.74. The summed E-state index contributed by atoms with van der Waals surface area (Å²) in [5.74, 6) is -0.918. The van der Waals surface area contributed by atoms with E-state index >= 15 is 0 Å². The van der Waals surface area contributed by atoms with Gasteiger partial charge in [-0.25, -0.2) is 9.63 Å². The normalized spacial score (nSPS) is 9.75. The van der Waals surface area contributed by atoms with E-state index in [1.165, 1.54) is 12.1 Å². The molecule has 64 valence electrons. The van der Waals surface area contributed by atoms with Crippen molar-refractivity contribution in [3.05, 3.63) is 29.8 Å².